The smallest absolute Gasteiger partial charge is 0.493 e. The van der Waals surface area contributed by atoms with Crippen molar-refractivity contribution in [2.75, 3.05) is 13.2 Å². The second kappa shape index (κ2) is 16.9. The van der Waals surface area contributed by atoms with Crippen molar-refractivity contribution in [1.82, 2.24) is 0 Å². The Morgan fingerprint density at radius 3 is 1.30 bits per heavy atom. The Morgan fingerprint density at radius 1 is 0.574 bits per heavy atom. The van der Waals surface area contributed by atoms with Gasteiger partial charge in [0, 0.05) is 0 Å². The van der Waals surface area contributed by atoms with Gasteiger partial charge in [0.05, 0.1) is 13.2 Å². The van der Waals surface area contributed by atoms with Gasteiger partial charge in [-0.3, -0.25) is 0 Å². The first-order valence-electron chi connectivity index (χ1n) is 16.2. The Kier molecular flexibility index (Phi) is 12.7. The third kappa shape index (κ3) is 9.76. The van der Waals surface area contributed by atoms with E-state index in [0.717, 1.165) is 25.7 Å². The van der Waals surface area contributed by atoms with Crippen LogP contribution >= 0.6 is 0 Å². The number of carbonyl (C=O) groups is 4. The summed E-state index contributed by atoms with van der Waals surface area (Å²) in [5.74, 6) is -0.205. The van der Waals surface area contributed by atoms with Crippen molar-refractivity contribution in [3.05, 3.63) is 59.7 Å². The molecule has 12 heteroatoms. The summed E-state index contributed by atoms with van der Waals surface area (Å²) in [5, 5.41) is 0. The van der Waals surface area contributed by atoms with E-state index in [1.807, 2.05) is 0 Å². The summed E-state index contributed by atoms with van der Waals surface area (Å²) in [4.78, 5) is 67.9. The lowest BCUT2D eigenvalue weighted by Gasteiger charge is -2.46. The maximum absolute atomic E-state index is 12.4. The molecule has 0 atom stereocenters. The highest BCUT2D eigenvalue weighted by Crippen LogP contribution is 2.49. The highest BCUT2D eigenvalue weighted by molar-refractivity contribution is 5.93. The van der Waals surface area contributed by atoms with Gasteiger partial charge in [0.15, 0.2) is 0 Å². The van der Waals surface area contributed by atoms with Crippen LogP contribution in [0.4, 0.5) is 9.59 Å². The molecule has 0 heterocycles. The number of benzene rings is 2. The van der Waals surface area contributed by atoms with Crippen molar-refractivity contribution in [3.8, 4) is 11.5 Å². The lowest BCUT2D eigenvalue weighted by Crippen LogP contribution is -2.39. The Balaban J connectivity index is 1.14. The van der Waals surface area contributed by atoms with Crippen LogP contribution in [0.5, 0.6) is 11.5 Å². The van der Waals surface area contributed by atoms with Crippen LogP contribution in [0.2, 0.25) is 0 Å². The average Bonchev–Trinajstić information content (AvgIpc) is 3.07. The molecule has 0 spiro atoms. The largest absolute Gasteiger partial charge is 0.550 e. The summed E-state index contributed by atoms with van der Waals surface area (Å²) in [6.07, 6.45) is 3.37. The maximum Gasteiger partial charge on any atom is 0.550 e. The summed E-state index contributed by atoms with van der Waals surface area (Å²) >= 11 is 0. The van der Waals surface area contributed by atoms with E-state index in [1.165, 1.54) is 12.1 Å². The molecule has 0 radical (unpaired) electrons. The van der Waals surface area contributed by atoms with E-state index in [0.29, 0.717) is 62.2 Å². The first-order valence-corrected chi connectivity index (χ1v) is 16.2. The van der Waals surface area contributed by atoms with Crippen LogP contribution in [0.1, 0.15) is 99.8 Å². The molecular formula is C35H44O12. The molecule has 47 heavy (non-hydrogen) atoms. The van der Waals surface area contributed by atoms with Crippen molar-refractivity contribution in [2.24, 2.45) is 17.3 Å². The van der Waals surface area contributed by atoms with E-state index in [4.69, 9.17) is 28.7 Å². The number of para-hydroxylation sites is 2. The molecule has 2 aliphatic carbocycles. The molecule has 0 aliphatic heterocycles. The summed E-state index contributed by atoms with van der Waals surface area (Å²) in [6.45, 7) is 8.86. The van der Waals surface area contributed by atoms with E-state index in [9.17, 15) is 19.2 Å². The van der Waals surface area contributed by atoms with Crippen LogP contribution in [0.3, 0.4) is 0 Å². The molecule has 2 aromatic carbocycles. The van der Waals surface area contributed by atoms with Gasteiger partial charge in [-0.15, -0.1) is 0 Å². The summed E-state index contributed by atoms with van der Waals surface area (Å²) in [5.41, 5.74) is 0.308. The van der Waals surface area contributed by atoms with Crippen LogP contribution in [0.25, 0.3) is 0 Å². The van der Waals surface area contributed by atoms with Gasteiger partial charge in [-0.2, -0.15) is 9.59 Å². The van der Waals surface area contributed by atoms with Crippen molar-refractivity contribution >= 4 is 24.2 Å². The molecule has 2 aromatic rings. The van der Waals surface area contributed by atoms with Crippen molar-refractivity contribution < 1.29 is 57.7 Å². The fourth-order valence-electron chi connectivity index (χ4n) is 6.56. The summed E-state index contributed by atoms with van der Waals surface area (Å²) in [6, 6.07) is 13.0. The van der Waals surface area contributed by atoms with Gasteiger partial charge in [0.2, 0.25) is 0 Å². The molecule has 0 saturated heterocycles. The number of ether oxygens (including phenoxy) is 4. The quantitative estimate of drug-likeness (QED) is 0.140. The Labute approximate surface area is 274 Å². The first kappa shape index (κ1) is 35.4. The maximum atomic E-state index is 12.4. The molecular weight excluding hydrogens is 612 g/mol. The highest BCUT2D eigenvalue weighted by atomic mass is 17.2. The molecule has 4 rings (SSSR count). The lowest BCUT2D eigenvalue weighted by atomic mass is 9.60. The van der Waals surface area contributed by atoms with Gasteiger partial charge in [-0.05, 0) is 107 Å². The summed E-state index contributed by atoms with van der Waals surface area (Å²) in [7, 11) is 0. The zero-order chi connectivity index (χ0) is 33.8. The normalized spacial score (nSPS) is 21.0. The molecule has 12 nitrogen and oxygen atoms in total. The van der Waals surface area contributed by atoms with Crippen LogP contribution in [0.15, 0.2) is 48.5 Å². The van der Waals surface area contributed by atoms with E-state index in [1.54, 1.807) is 50.2 Å². The van der Waals surface area contributed by atoms with Gasteiger partial charge in [0.1, 0.15) is 34.8 Å². The monoisotopic (exact) mass is 656 g/mol. The third-order valence-electron chi connectivity index (χ3n) is 9.16. The van der Waals surface area contributed by atoms with E-state index in [2.05, 4.69) is 23.6 Å². The minimum Gasteiger partial charge on any atom is -0.493 e. The molecule has 0 unspecified atom stereocenters. The average molecular weight is 657 g/mol. The van der Waals surface area contributed by atoms with Crippen molar-refractivity contribution in [1.29, 1.82) is 0 Å². The van der Waals surface area contributed by atoms with Gasteiger partial charge >= 0.3 is 24.2 Å². The minimum absolute atomic E-state index is 0.0178. The topological polar surface area (TPSA) is 142 Å². The summed E-state index contributed by atoms with van der Waals surface area (Å²) < 4.78 is 21.7. The SMILES string of the molecule is CCOc1ccccc1C(=O)OOC(=O)OC1CCC(C(C)(C)C2CCC(OC(=O)OOC(=O)c3ccccc3OCC)CC2)CC1. The zero-order valence-electron chi connectivity index (χ0n) is 27.4. The van der Waals surface area contributed by atoms with Gasteiger partial charge in [-0.25, -0.2) is 29.1 Å². The molecule has 256 valence electrons. The second-order valence-electron chi connectivity index (χ2n) is 12.3. The molecule has 2 aliphatic rings. The van der Waals surface area contributed by atoms with Crippen LogP contribution in [-0.4, -0.2) is 49.7 Å². The fourth-order valence-corrected chi connectivity index (χ4v) is 6.56. The van der Waals surface area contributed by atoms with Crippen molar-refractivity contribution in [3.63, 3.8) is 0 Å². The lowest BCUT2D eigenvalue weighted by molar-refractivity contribution is -0.209. The standard InChI is InChI=1S/C35H44O12/c1-5-40-29-13-9-7-11-27(29)31(36)44-46-33(38)42-25-19-15-23(16-20-25)35(3,4)24-17-21-26(22-18-24)43-34(39)47-45-32(37)28-12-8-10-14-30(28)41-6-2/h7-14,23-26H,5-6,15-22H2,1-4H3. The second-order valence-corrected chi connectivity index (χ2v) is 12.3. The van der Waals surface area contributed by atoms with E-state index >= 15 is 0 Å². The van der Waals surface area contributed by atoms with Gasteiger partial charge < -0.3 is 18.9 Å². The van der Waals surface area contributed by atoms with E-state index < -0.39 is 24.2 Å². The minimum atomic E-state index is -1.06. The van der Waals surface area contributed by atoms with E-state index in [-0.39, 0.29) is 28.7 Å². The first-order chi connectivity index (χ1) is 22.6. The van der Waals surface area contributed by atoms with Crippen LogP contribution in [-0.2, 0) is 29.0 Å². The molecule has 2 fully saturated rings. The Morgan fingerprint density at radius 2 is 0.936 bits per heavy atom. The van der Waals surface area contributed by atoms with Crippen LogP contribution < -0.4 is 9.47 Å². The molecule has 0 aromatic heterocycles. The predicted molar refractivity (Wildman–Crippen MR) is 166 cm³/mol. The van der Waals surface area contributed by atoms with Gasteiger partial charge in [-0.1, -0.05) is 38.1 Å². The third-order valence-corrected chi connectivity index (χ3v) is 9.16. The molecule has 0 N–H and O–H groups in total. The Bertz CT molecular complexity index is 1250. The Hall–Kier alpha value is -4.48. The fraction of sp³-hybridized carbons (Fsp3) is 0.543. The number of carbonyl (C=O) groups excluding carboxylic acids is 4. The number of rotatable bonds is 10. The number of hydrogen-bond donors (Lipinski definition) is 0. The molecule has 0 bridgehead atoms. The molecule has 2 saturated carbocycles. The van der Waals surface area contributed by atoms with Crippen molar-refractivity contribution in [2.45, 2.75) is 91.3 Å². The van der Waals surface area contributed by atoms with Crippen LogP contribution in [0, 0.1) is 17.3 Å². The number of hydrogen-bond acceptors (Lipinski definition) is 12. The molecule has 0 amide bonds. The highest BCUT2D eigenvalue weighted by Gasteiger charge is 2.41. The predicted octanol–water partition coefficient (Wildman–Crippen LogP) is 7.78. The van der Waals surface area contributed by atoms with Gasteiger partial charge in [0.25, 0.3) is 0 Å². The zero-order valence-corrected chi connectivity index (χ0v) is 27.4.